The van der Waals surface area contributed by atoms with Gasteiger partial charge >= 0.3 is 0 Å². The molecule has 0 N–H and O–H groups in total. The van der Waals surface area contributed by atoms with Crippen LogP contribution in [0.25, 0.3) is 0 Å². The molecule has 16 heavy (non-hydrogen) atoms. The minimum absolute atomic E-state index is 1.17. The molecule has 0 aromatic heterocycles. The topological polar surface area (TPSA) is 3.24 Å². The first-order valence-electron chi connectivity index (χ1n) is 6.28. The first-order valence-corrected chi connectivity index (χ1v) is 7.36. The molecule has 0 unspecified atom stereocenters. The van der Waals surface area contributed by atoms with Crippen molar-refractivity contribution < 1.29 is 0 Å². The monoisotopic (exact) mass is 331 g/mol. The number of hydrogen-bond acceptors (Lipinski definition) is 1. The van der Waals surface area contributed by atoms with E-state index in [2.05, 4.69) is 65.6 Å². The van der Waals surface area contributed by atoms with E-state index in [9.17, 15) is 0 Å². The van der Waals surface area contributed by atoms with E-state index in [1.54, 1.807) is 0 Å². The Kier molecular flexibility index (Phi) is 6.85. The lowest BCUT2D eigenvalue weighted by Gasteiger charge is -2.24. The number of benzene rings is 1. The van der Waals surface area contributed by atoms with Gasteiger partial charge in [0.2, 0.25) is 0 Å². The van der Waals surface area contributed by atoms with Crippen LogP contribution in [0.1, 0.15) is 39.5 Å². The number of nitrogens with zero attached hydrogens (tertiary/aromatic N) is 1. The van der Waals surface area contributed by atoms with E-state index in [0.717, 1.165) is 0 Å². The van der Waals surface area contributed by atoms with Gasteiger partial charge in [0.1, 0.15) is 0 Å². The van der Waals surface area contributed by atoms with Crippen LogP contribution in [0.2, 0.25) is 0 Å². The predicted molar refractivity (Wildman–Crippen MR) is 81.2 cm³/mol. The molecule has 0 radical (unpaired) electrons. The largest absolute Gasteiger partial charge is 0.372 e. The highest BCUT2D eigenvalue weighted by Crippen LogP contribution is 2.17. The summed E-state index contributed by atoms with van der Waals surface area (Å²) in [4.78, 5) is 2.51. The summed E-state index contributed by atoms with van der Waals surface area (Å²) in [7, 11) is 0. The third-order valence-corrected chi connectivity index (χ3v) is 3.44. The second kappa shape index (κ2) is 7.93. The maximum absolute atomic E-state index is 2.51. The molecule has 0 aliphatic carbocycles. The highest BCUT2D eigenvalue weighted by molar-refractivity contribution is 14.1. The van der Waals surface area contributed by atoms with E-state index in [0.29, 0.717) is 0 Å². The average molecular weight is 331 g/mol. The Bertz CT molecular complexity index is 281. The summed E-state index contributed by atoms with van der Waals surface area (Å²) in [5.41, 5.74) is 1.37. The molecule has 0 aliphatic rings. The van der Waals surface area contributed by atoms with E-state index < -0.39 is 0 Å². The molecule has 0 saturated carbocycles. The van der Waals surface area contributed by atoms with Crippen molar-refractivity contribution >= 4 is 28.3 Å². The molecule has 0 atom stereocenters. The van der Waals surface area contributed by atoms with Gasteiger partial charge in [-0.2, -0.15) is 0 Å². The summed E-state index contributed by atoms with van der Waals surface area (Å²) in [6.45, 7) is 6.88. The van der Waals surface area contributed by atoms with E-state index in [1.807, 2.05) is 0 Å². The van der Waals surface area contributed by atoms with Crippen LogP contribution >= 0.6 is 22.6 Å². The molecular formula is C14H22IN. The van der Waals surface area contributed by atoms with Crippen LogP contribution in [-0.2, 0) is 0 Å². The summed E-state index contributed by atoms with van der Waals surface area (Å²) >= 11 is 2.36. The first kappa shape index (κ1) is 13.8. The molecule has 2 heteroatoms. The van der Waals surface area contributed by atoms with Crippen molar-refractivity contribution in [1.29, 1.82) is 0 Å². The predicted octanol–water partition coefficient (Wildman–Crippen LogP) is 4.70. The molecule has 1 rings (SSSR count). The van der Waals surface area contributed by atoms with Crippen LogP contribution in [0.15, 0.2) is 24.3 Å². The SMILES string of the molecule is CCCCCN(CCC)c1ccc(I)cc1. The van der Waals surface area contributed by atoms with E-state index in [-0.39, 0.29) is 0 Å². The summed E-state index contributed by atoms with van der Waals surface area (Å²) < 4.78 is 1.31. The molecule has 0 bridgehead atoms. The maximum atomic E-state index is 2.51. The van der Waals surface area contributed by atoms with Gasteiger partial charge in [-0.1, -0.05) is 26.7 Å². The van der Waals surface area contributed by atoms with Crippen LogP contribution in [0.3, 0.4) is 0 Å². The standard InChI is InChI=1S/C14H22IN/c1-3-5-6-12-16(11-4-2)14-9-7-13(15)8-10-14/h7-10H,3-6,11-12H2,1-2H3. The zero-order valence-corrected chi connectivity index (χ0v) is 12.5. The average Bonchev–Trinajstić information content (AvgIpc) is 2.29. The van der Waals surface area contributed by atoms with Gasteiger partial charge in [0.05, 0.1) is 0 Å². The van der Waals surface area contributed by atoms with Crippen LogP contribution in [0.4, 0.5) is 5.69 Å². The summed E-state index contributed by atoms with van der Waals surface area (Å²) in [5, 5.41) is 0. The molecule has 1 aromatic rings. The summed E-state index contributed by atoms with van der Waals surface area (Å²) in [5.74, 6) is 0. The first-order chi connectivity index (χ1) is 7.77. The summed E-state index contributed by atoms with van der Waals surface area (Å²) in [6.07, 6.45) is 5.16. The van der Waals surface area contributed by atoms with Crippen molar-refractivity contribution in [2.24, 2.45) is 0 Å². The van der Waals surface area contributed by atoms with E-state index in [4.69, 9.17) is 0 Å². The lowest BCUT2D eigenvalue weighted by molar-refractivity contribution is 0.669. The maximum Gasteiger partial charge on any atom is 0.0366 e. The Balaban J connectivity index is 2.57. The van der Waals surface area contributed by atoms with Crippen molar-refractivity contribution in [1.82, 2.24) is 0 Å². The smallest absolute Gasteiger partial charge is 0.0366 e. The number of unbranched alkanes of at least 4 members (excludes halogenated alkanes) is 2. The van der Waals surface area contributed by atoms with Crippen LogP contribution in [0.5, 0.6) is 0 Å². The van der Waals surface area contributed by atoms with Crippen LogP contribution < -0.4 is 4.90 Å². The van der Waals surface area contributed by atoms with Gasteiger partial charge in [0.25, 0.3) is 0 Å². The third kappa shape index (κ3) is 4.73. The Morgan fingerprint density at radius 1 is 0.938 bits per heavy atom. The van der Waals surface area contributed by atoms with E-state index >= 15 is 0 Å². The van der Waals surface area contributed by atoms with E-state index in [1.165, 1.54) is 48.0 Å². The zero-order chi connectivity index (χ0) is 11.8. The minimum Gasteiger partial charge on any atom is -0.372 e. The van der Waals surface area contributed by atoms with Gasteiger partial charge in [-0.25, -0.2) is 0 Å². The normalized spacial score (nSPS) is 10.4. The molecular weight excluding hydrogens is 309 g/mol. The van der Waals surface area contributed by atoms with Crippen LogP contribution in [-0.4, -0.2) is 13.1 Å². The highest BCUT2D eigenvalue weighted by Gasteiger charge is 2.04. The van der Waals surface area contributed by atoms with Crippen molar-refractivity contribution in [3.05, 3.63) is 27.8 Å². The number of halogens is 1. The Hall–Kier alpha value is -0.250. The Morgan fingerprint density at radius 2 is 1.62 bits per heavy atom. The molecule has 0 aliphatic heterocycles. The Morgan fingerprint density at radius 3 is 2.19 bits per heavy atom. The lowest BCUT2D eigenvalue weighted by Crippen LogP contribution is -2.25. The van der Waals surface area contributed by atoms with Gasteiger partial charge in [0.15, 0.2) is 0 Å². The van der Waals surface area contributed by atoms with Crippen molar-refractivity contribution in [2.75, 3.05) is 18.0 Å². The second-order valence-corrected chi connectivity index (χ2v) is 5.42. The zero-order valence-electron chi connectivity index (χ0n) is 10.4. The number of rotatable bonds is 7. The van der Waals surface area contributed by atoms with Gasteiger partial charge in [-0.3, -0.25) is 0 Å². The molecule has 0 fully saturated rings. The Labute approximate surface area is 113 Å². The summed E-state index contributed by atoms with van der Waals surface area (Å²) in [6, 6.07) is 8.86. The van der Waals surface area contributed by atoms with Crippen molar-refractivity contribution in [3.8, 4) is 0 Å². The lowest BCUT2D eigenvalue weighted by atomic mass is 10.2. The van der Waals surface area contributed by atoms with Gasteiger partial charge in [0, 0.05) is 22.3 Å². The molecule has 0 heterocycles. The molecule has 90 valence electrons. The highest BCUT2D eigenvalue weighted by atomic mass is 127. The minimum atomic E-state index is 1.17. The third-order valence-electron chi connectivity index (χ3n) is 2.72. The fraction of sp³-hybridized carbons (Fsp3) is 0.571. The second-order valence-electron chi connectivity index (χ2n) is 4.17. The molecule has 0 amide bonds. The number of anilines is 1. The molecule has 1 aromatic carbocycles. The fourth-order valence-electron chi connectivity index (χ4n) is 1.84. The van der Waals surface area contributed by atoms with Gasteiger partial charge in [-0.15, -0.1) is 0 Å². The fourth-order valence-corrected chi connectivity index (χ4v) is 2.20. The molecule has 1 nitrogen and oxygen atoms in total. The van der Waals surface area contributed by atoms with Gasteiger partial charge in [-0.05, 0) is 59.7 Å². The van der Waals surface area contributed by atoms with Crippen molar-refractivity contribution in [2.45, 2.75) is 39.5 Å². The van der Waals surface area contributed by atoms with Crippen molar-refractivity contribution in [3.63, 3.8) is 0 Å². The van der Waals surface area contributed by atoms with Crippen LogP contribution in [0, 0.1) is 3.57 Å². The van der Waals surface area contributed by atoms with Gasteiger partial charge < -0.3 is 4.90 Å². The molecule has 0 saturated heterocycles. The number of hydrogen-bond donors (Lipinski definition) is 0. The quantitative estimate of drug-likeness (QED) is 0.517. The molecule has 0 spiro atoms.